The van der Waals surface area contributed by atoms with Gasteiger partial charge in [0.1, 0.15) is 18.5 Å². The van der Waals surface area contributed by atoms with E-state index in [9.17, 15) is 5.11 Å². The van der Waals surface area contributed by atoms with Gasteiger partial charge in [-0.05, 0) is 30.5 Å². The standard InChI is InChI=1S/C15H25NO3/c1-3-12-5-7-15(8-6-12)19-11-14(18)9-16-13(4-2)10-17/h5-8,13-14,16-18H,3-4,9-11H2,1-2H3. The second kappa shape index (κ2) is 8.91. The summed E-state index contributed by atoms with van der Waals surface area (Å²) in [5.41, 5.74) is 1.27. The smallest absolute Gasteiger partial charge is 0.119 e. The fourth-order valence-electron chi connectivity index (χ4n) is 1.71. The molecule has 2 unspecified atom stereocenters. The van der Waals surface area contributed by atoms with E-state index >= 15 is 0 Å². The predicted octanol–water partition coefficient (Wildman–Crippen LogP) is 1.35. The molecule has 108 valence electrons. The third-order valence-electron chi connectivity index (χ3n) is 3.13. The Kier molecular flexibility index (Phi) is 7.48. The zero-order chi connectivity index (χ0) is 14.1. The highest BCUT2D eigenvalue weighted by Crippen LogP contribution is 2.12. The summed E-state index contributed by atoms with van der Waals surface area (Å²) < 4.78 is 5.51. The van der Waals surface area contributed by atoms with Gasteiger partial charge in [-0.2, -0.15) is 0 Å². The minimum absolute atomic E-state index is 0.0403. The first kappa shape index (κ1) is 16.0. The van der Waals surface area contributed by atoms with Crippen molar-refractivity contribution in [3.8, 4) is 5.75 Å². The molecule has 0 fully saturated rings. The van der Waals surface area contributed by atoms with Crippen LogP contribution in [-0.2, 0) is 6.42 Å². The van der Waals surface area contributed by atoms with E-state index in [4.69, 9.17) is 9.84 Å². The van der Waals surface area contributed by atoms with E-state index in [1.807, 2.05) is 31.2 Å². The van der Waals surface area contributed by atoms with Crippen LogP contribution in [0, 0.1) is 0 Å². The highest BCUT2D eigenvalue weighted by Gasteiger charge is 2.09. The van der Waals surface area contributed by atoms with Crippen LogP contribution in [0.5, 0.6) is 5.75 Å². The number of nitrogens with one attached hydrogen (secondary N) is 1. The van der Waals surface area contributed by atoms with Crippen LogP contribution in [0.25, 0.3) is 0 Å². The van der Waals surface area contributed by atoms with Crippen molar-refractivity contribution in [3.63, 3.8) is 0 Å². The lowest BCUT2D eigenvalue weighted by molar-refractivity contribution is 0.0995. The number of benzene rings is 1. The summed E-state index contributed by atoms with van der Waals surface area (Å²) in [5.74, 6) is 0.769. The molecule has 0 aliphatic heterocycles. The van der Waals surface area contributed by atoms with Crippen LogP contribution in [0.15, 0.2) is 24.3 Å². The molecule has 4 heteroatoms. The first-order chi connectivity index (χ1) is 9.19. The molecule has 0 amide bonds. The lowest BCUT2D eigenvalue weighted by Crippen LogP contribution is -2.39. The third-order valence-corrected chi connectivity index (χ3v) is 3.13. The number of hydrogen-bond acceptors (Lipinski definition) is 4. The Morgan fingerprint density at radius 2 is 1.89 bits per heavy atom. The molecular weight excluding hydrogens is 242 g/mol. The van der Waals surface area contributed by atoms with E-state index in [1.165, 1.54) is 5.56 Å². The molecule has 0 aromatic heterocycles. The Bertz CT molecular complexity index is 336. The fourth-order valence-corrected chi connectivity index (χ4v) is 1.71. The molecule has 0 spiro atoms. The summed E-state index contributed by atoms with van der Waals surface area (Å²) in [5, 5.41) is 21.9. The van der Waals surface area contributed by atoms with Crippen molar-refractivity contribution in [1.82, 2.24) is 5.32 Å². The van der Waals surface area contributed by atoms with Gasteiger partial charge in [-0.1, -0.05) is 26.0 Å². The first-order valence-corrected chi connectivity index (χ1v) is 6.93. The molecule has 1 aromatic rings. The Hall–Kier alpha value is -1.10. The van der Waals surface area contributed by atoms with Gasteiger partial charge in [0.25, 0.3) is 0 Å². The van der Waals surface area contributed by atoms with Gasteiger partial charge in [0.2, 0.25) is 0 Å². The summed E-state index contributed by atoms with van der Waals surface area (Å²) in [6, 6.07) is 7.93. The predicted molar refractivity (Wildman–Crippen MR) is 76.5 cm³/mol. The Labute approximate surface area is 115 Å². The maximum atomic E-state index is 9.78. The lowest BCUT2D eigenvalue weighted by Gasteiger charge is -2.17. The number of hydrogen-bond donors (Lipinski definition) is 3. The molecule has 1 rings (SSSR count). The van der Waals surface area contributed by atoms with Gasteiger partial charge in [-0.25, -0.2) is 0 Å². The summed E-state index contributed by atoms with van der Waals surface area (Å²) in [7, 11) is 0. The molecule has 0 bridgehead atoms. The zero-order valence-electron chi connectivity index (χ0n) is 11.8. The highest BCUT2D eigenvalue weighted by atomic mass is 16.5. The van der Waals surface area contributed by atoms with Crippen LogP contribution in [0.4, 0.5) is 0 Å². The van der Waals surface area contributed by atoms with Crippen LogP contribution in [0.3, 0.4) is 0 Å². The second-order valence-electron chi connectivity index (χ2n) is 4.66. The minimum atomic E-state index is -0.577. The average molecular weight is 267 g/mol. The van der Waals surface area contributed by atoms with Crippen molar-refractivity contribution in [3.05, 3.63) is 29.8 Å². The van der Waals surface area contributed by atoms with E-state index < -0.39 is 6.10 Å². The van der Waals surface area contributed by atoms with E-state index in [1.54, 1.807) is 0 Å². The molecule has 0 radical (unpaired) electrons. The zero-order valence-corrected chi connectivity index (χ0v) is 11.8. The molecule has 1 aromatic carbocycles. The molecule has 0 aliphatic rings. The summed E-state index contributed by atoms with van der Waals surface area (Å²) in [4.78, 5) is 0. The van der Waals surface area contributed by atoms with Crippen molar-refractivity contribution in [2.24, 2.45) is 0 Å². The topological polar surface area (TPSA) is 61.7 Å². The van der Waals surface area contributed by atoms with Gasteiger partial charge in [-0.15, -0.1) is 0 Å². The van der Waals surface area contributed by atoms with Gasteiger partial charge in [0.05, 0.1) is 6.61 Å². The number of aryl methyl sites for hydroxylation is 1. The van der Waals surface area contributed by atoms with Crippen LogP contribution in [0.1, 0.15) is 25.8 Å². The van der Waals surface area contributed by atoms with Crippen molar-refractivity contribution in [2.45, 2.75) is 38.8 Å². The molecule has 19 heavy (non-hydrogen) atoms. The van der Waals surface area contributed by atoms with Crippen LogP contribution in [-0.4, -0.2) is 42.1 Å². The van der Waals surface area contributed by atoms with E-state index in [2.05, 4.69) is 12.2 Å². The Morgan fingerprint density at radius 1 is 1.21 bits per heavy atom. The number of aliphatic hydroxyl groups is 2. The Balaban J connectivity index is 2.27. The molecule has 4 nitrogen and oxygen atoms in total. The van der Waals surface area contributed by atoms with E-state index in [0.29, 0.717) is 6.54 Å². The molecule has 0 aliphatic carbocycles. The SMILES string of the molecule is CCc1ccc(OCC(O)CNC(CC)CO)cc1. The lowest BCUT2D eigenvalue weighted by atomic mass is 10.2. The van der Waals surface area contributed by atoms with Gasteiger partial charge in [-0.3, -0.25) is 0 Å². The number of rotatable bonds is 9. The quantitative estimate of drug-likeness (QED) is 0.632. The number of ether oxygens (including phenoxy) is 1. The maximum Gasteiger partial charge on any atom is 0.119 e. The van der Waals surface area contributed by atoms with Crippen molar-refractivity contribution in [2.75, 3.05) is 19.8 Å². The largest absolute Gasteiger partial charge is 0.491 e. The second-order valence-corrected chi connectivity index (χ2v) is 4.66. The average Bonchev–Trinajstić information content (AvgIpc) is 2.46. The fraction of sp³-hybridized carbons (Fsp3) is 0.600. The summed E-state index contributed by atoms with van der Waals surface area (Å²) in [6.07, 6.45) is 1.26. The van der Waals surface area contributed by atoms with Crippen molar-refractivity contribution >= 4 is 0 Å². The van der Waals surface area contributed by atoms with Gasteiger partial charge in [0.15, 0.2) is 0 Å². The molecule has 0 saturated heterocycles. The molecule has 0 saturated carbocycles. The monoisotopic (exact) mass is 267 g/mol. The Morgan fingerprint density at radius 3 is 2.42 bits per heavy atom. The molecule has 2 atom stereocenters. The molecule has 0 heterocycles. The van der Waals surface area contributed by atoms with Crippen LogP contribution < -0.4 is 10.1 Å². The van der Waals surface area contributed by atoms with Crippen molar-refractivity contribution < 1.29 is 14.9 Å². The third kappa shape index (κ3) is 6.05. The van der Waals surface area contributed by atoms with Gasteiger partial charge < -0.3 is 20.3 Å². The maximum absolute atomic E-state index is 9.78. The van der Waals surface area contributed by atoms with E-state index in [-0.39, 0.29) is 19.3 Å². The normalized spacial score (nSPS) is 14.1. The van der Waals surface area contributed by atoms with Gasteiger partial charge >= 0.3 is 0 Å². The van der Waals surface area contributed by atoms with Gasteiger partial charge in [0, 0.05) is 12.6 Å². The first-order valence-electron chi connectivity index (χ1n) is 6.93. The molecular formula is C15H25NO3. The van der Waals surface area contributed by atoms with Crippen LogP contribution >= 0.6 is 0 Å². The minimum Gasteiger partial charge on any atom is -0.491 e. The summed E-state index contributed by atoms with van der Waals surface area (Å²) >= 11 is 0. The molecule has 3 N–H and O–H groups in total. The highest BCUT2D eigenvalue weighted by molar-refractivity contribution is 5.27. The van der Waals surface area contributed by atoms with Crippen molar-refractivity contribution in [1.29, 1.82) is 0 Å². The van der Waals surface area contributed by atoms with Crippen LogP contribution in [0.2, 0.25) is 0 Å². The summed E-state index contributed by atoms with van der Waals surface area (Å²) in [6.45, 7) is 4.86. The number of aliphatic hydroxyl groups excluding tert-OH is 2. The van der Waals surface area contributed by atoms with E-state index in [0.717, 1.165) is 18.6 Å².